The molecule has 2 unspecified atom stereocenters. The normalized spacial score (nSPS) is 17.5. The number of benzene rings is 3. The fraction of sp³-hybridized carbons (Fsp3) is 0.240. The van der Waals surface area contributed by atoms with E-state index in [-0.39, 0.29) is 17.7 Å². The maximum absolute atomic E-state index is 13.4. The quantitative estimate of drug-likeness (QED) is 0.558. The number of hydrogen-bond donors (Lipinski definition) is 1. The summed E-state index contributed by atoms with van der Waals surface area (Å²) in [7, 11) is 6.22. The molecular formula is C25H25NO6. The van der Waals surface area contributed by atoms with Crippen LogP contribution in [0.1, 0.15) is 23.1 Å². The molecule has 7 heteroatoms. The molecule has 4 rings (SSSR count). The van der Waals surface area contributed by atoms with Crippen molar-refractivity contribution in [2.24, 2.45) is 0 Å². The van der Waals surface area contributed by atoms with E-state index in [1.807, 2.05) is 30.3 Å². The van der Waals surface area contributed by atoms with E-state index in [1.54, 1.807) is 42.3 Å². The molecule has 2 atom stereocenters. The average molecular weight is 435 g/mol. The second-order valence-electron chi connectivity index (χ2n) is 7.38. The van der Waals surface area contributed by atoms with E-state index in [9.17, 15) is 9.90 Å². The SMILES string of the molecule is COc1ccc(C2C(c3cccc(O)c3)C(=O)N2c2cc(OC)c(OC)c(OC)c2)cc1. The number of rotatable bonds is 7. The summed E-state index contributed by atoms with van der Waals surface area (Å²) < 4.78 is 21.7. The molecule has 3 aromatic carbocycles. The smallest absolute Gasteiger partial charge is 0.237 e. The number of hydrogen-bond acceptors (Lipinski definition) is 6. The third kappa shape index (κ3) is 3.56. The van der Waals surface area contributed by atoms with E-state index < -0.39 is 5.92 Å². The predicted molar refractivity (Wildman–Crippen MR) is 120 cm³/mol. The van der Waals surface area contributed by atoms with Gasteiger partial charge in [0.1, 0.15) is 11.5 Å². The Balaban J connectivity index is 1.82. The Labute approximate surface area is 186 Å². The van der Waals surface area contributed by atoms with E-state index in [4.69, 9.17) is 18.9 Å². The van der Waals surface area contributed by atoms with Gasteiger partial charge in [-0.05, 0) is 35.4 Å². The van der Waals surface area contributed by atoms with Gasteiger partial charge in [-0.1, -0.05) is 24.3 Å². The summed E-state index contributed by atoms with van der Waals surface area (Å²) in [5.74, 6) is 1.69. The fourth-order valence-corrected chi connectivity index (χ4v) is 4.17. The highest BCUT2D eigenvalue weighted by Crippen LogP contribution is 2.52. The van der Waals surface area contributed by atoms with Gasteiger partial charge in [0.2, 0.25) is 11.7 Å². The number of methoxy groups -OCH3 is 4. The first kappa shape index (κ1) is 21.4. The van der Waals surface area contributed by atoms with Crippen LogP contribution >= 0.6 is 0 Å². The highest BCUT2D eigenvalue weighted by atomic mass is 16.5. The van der Waals surface area contributed by atoms with Gasteiger partial charge in [-0.3, -0.25) is 4.79 Å². The number of amides is 1. The summed E-state index contributed by atoms with van der Waals surface area (Å²) in [6.45, 7) is 0. The number of phenols is 1. The van der Waals surface area contributed by atoms with Crippen molar-refractivity contribution < 1.29 is 28.8 Å². The van der Waals surface area contributed by atoms with Crippen LogP contribution < -0.4 is 23.8 Å². The van der Waals surface area contributed by atoms with Crippen LogP contribution in [-0.4, -0.2) is 39.5 Å². The van der Waals surface area contributed by atoms with Crippen LogP contribution in [0.25, 0.3) is 0 Å². The first-order valence-corrected chi connectivity index (χ1v) is 10.1. The van der Waals surface area contributed by atoms with Crippen LogP contribution in [0.2, 0.25) is 0 Å². The van der Waals surface area contributed by atoms with Crippen LogP contribution in [0.5, 0.6) is 28.7 Å². The number of phenolic OH excluding ortho intramolecular Hbond substituents is 1. The predicted octanol–water partition coefficient (Wildman–Crippen LogP) is 4.30. The second kappa shape index (κ2) is 8.70. The Bertz CT molecular complexity index is 1100. The van der Waals surface area contributed by atoms with Gasteiger partial charge in [0.05, 0.1) is 46.1 Å². The van der Waals surface area contributed by atoms with E-state index in [0.717, 1.165) is 16.9 Å². The maximum Gasteiger partial charge on any atom is 0.237 e. The zero-order chi connectivity index (χ0) is 22.8. The van der Waals surface area contributed by atoms with Crippen LogP contribution in [0.3, 0.4) is 0 Å². The molecule has 1 N–H and O–H groups in total. The van der Waals surface area contributed by atoms with Gasteiger partial charge in [0, 0.05) is 12.1 Å². The van der Waals surface area contributed by atoms with E-state index in [1.165, 1.54) is 21.3 Å². The topological polar surface area (TPSA) is 77.5 Å². The summed E-state index contributed by atoms with van der Waals surface area (Å²) in [6.07, 6.45) is 0. The lowest BCUT2D eigenvalue weighted by atomic mass is 9.77. The number of nitrogens with zero attached hydrogens (tertiary/aromatic N) is 1. The minimum Gasteiger partial charge on any atom is -0.508 e. The Morgan fingerprint density at radius 3 is 1.97 bits per heavy atom. The third-order valence-electron chi connectivity index (χ3n) is 5.71. The summed E-state index contributed by atoms with van der Waals surface area (Å²) in [5.41, 5.74) is 2.31. The van der Waals surface area contributed by atoms with Crippen molar-refractivity contribution in [1.29, 1.82) is 0 Å². The molecule has 1 amide bonds. The molecule has 0 aromatic heterocycles. The second-order valence-corrected chi connectivity index (χ2v) is 7.38. The average Bonchev–Trinajstić information content (AvgIpc) is 2.82. The van der Waals surface area contributed by atoms with Crippen molar-refractivity contribution in [3.8, 4) is 28.7 Å². The van der Waals surface area contributed by atoms with Gasteiger partial charge < -0.3 is 29.0 Å². The van der Waals surface area contributed by atoms with Crippen LogP contribution in [0.15, 0.2) is 60.7 Å². The number of carbonyl (C=O) groups is 1. The lowest BCUT2D eigenvalue weighted by Crippen LogP contribution is -2.53. The zero-order valence-electron chi connectivity index (χ0n) is 18.4. The largest absolute Gasteiger partial charge is 0.508 e. The van der Waals surface area contributed by atoms with E-state index in [0.29, 0.717) is 22.9 Å². The maximum atomic E-state index is 13.4. The molecule has 1 aliphatic rings. The van der Waals surface area contributed by atoms with Crippen LogP contribution in [-0.2, 0) is 4.79 Å². The van der Waals surface area contributed by atoms with Gasteiger partial charge in [-0.15, -0.1) is 0 Å². The first-order valence-electron chi connectivity index (χ1n) is 10.1. The molecule has 0 bridgehead atoms. The molecule has 1 heterocycles. The Morgan fingerprint density at radius 2 is 1.44 bits per heavy atom. The number of aromatic hydroxyl groups is 1. The Morgan fingerprint density at radius 1 is 0.781 bits per heavy atom. The fourth-order valence-electron chi connectivity index (χ4n) is 4.17. The van der Waals surface area contributed by atoms with Gasteiger partial charge in [0.25, 0.3) is 0 Å². The molecule has 0 saturated carbocycles. The lowest BCUT2D eigenvalue weighted by molar-refractivity contribution is -0.126. The highest BCUT2D eigenvalue weighted by Gasteiger charge is 2.50. The van der Waals surface area contributed by atoms with Crippen molar-refractivity contribution in [3.63, 3.8) is 0 Å². The summed E-state index contributed by atoms with van der Waals surface area (Å²) in [5, 5.41) is 9.98. The summed E-state index contributed by atoms with van der Waals surface area (Å²) in [6, 6.07) is 17.7. The van der Waals surface area contributed by atoms with Crippen molar-refractivity contribution >= 4 is 11.6 Å². The van der Waals surface area contributed by atoms with Crippen LogP contribution in [0, 0.1) is 0 Å². The van der Waals surface area contributed by atoms with E-state index in [2.05, 4.69) is 0 Å². The molecule has 1 saturated heterocycles. The minimum atomic E-state index is -0.449. The lowest BCUT2D eigenvalue weighted by Gasteiger charge is -2.48. The first-order chi connectivity index (χ1) is 15.5. The van der Waals surface area contributed by atoms with Crippen LogP contribution in [0.4, 0.5) is 5.69 Å². The molecule has 1 aliphatic heterocycles. The standard InChI is InChI=1S/C25H25NO6/c1-29-19-10-8-15(9-11-19)23-22(16-6-5-7-18(27)12-16)25(28)26(23)17-13-20(30-2)24(32-4)21(14-17)31-3/h5-14,22-23,27H,1-4H3. The van der Waals surface area contributed by atoms with Crippen molar-refractivity contribution in [2.75, 3.05) is 33.3 Å². The highest BCUT2D eigenvalue weighted by molar-refractivity contribution is 6.07. The molecule has 0 aliphatic carbocycles. The van der Waals surface area contributed by atoms with Crippen molar-refractivity contribution in [3.05, 3.63) is 71.8 Å². The molecule has 0 spiro atoms. The molecule has 0 radical (unpaired) electrons. The number of carbonyl (C=O) groups excluding carboxylic acids is 1. The van der Waals surface area contributed by atoms with Gasteiger partial charge in [-0.25, -0.2) is 0 Å². The molecule has 166 valence electrons. The summed E-state index contributed by atoms with van der Waals surface area (Å²) in [4.78, 5) is 15.2. The molecule has 32 heavy (non-hydrogen) atoms. The van der Waals surface area contributed by atoms with Gasteiger partial charge >= 0.3 is 0 Å². The van der Waals surface area contributed by atoms with Gasteiger partial charge in [-0.2, -0.15) is 0 Å². The molecular weight excluding hydrogens is 410 g/mol. The minimum absolute atomic E-state index is 0.0920. The molecule has 1 fully saturated rings. The number of anilines is 1. The Kier molecular flexibility index (Phi) is 5.81. The van der Waals surface area contributed by atoms with Crippen molar-refractivity contribution in [1.82, 2.24) is 0 Å². The van der Waals surface area contributed by atoms with Gasteiger partial charge in [0.15, 0.2) is 11.5 Å². The zero-order valence-corrected chi connectivity index (χ0v) is 18.4. The number of ether oxygens (including phenoxy) is 4. The Hall–Kier alpha value is -3.87. The third-order valence-corrected chi connectivity index (χ3v) is 5.71. The summed E-state index contributed by atoms with van der Waals surface area (Å²) >= 11 is 0. The monoisotopic (exact) mass is 435 g/mol. The number of β-lactam (4-membered cyclic amide) rings is 1. The molecule has 7 nitrogen and oxygen atoms in total. The van der Waals surface area contributed by atoms with E-state index >= 15 is 0 Å². The van der Waals surface area contributed by atoms with Crippen molar-refractivity contribution in [2.45, 2.75) is 12.0 Å². The molecule has 3 aromatic rings.